The van der Waals surface area contributed by atoms with Crippen LogP contribution in [0.15, 0.2) is 59.9 Å². The topological polar surface area (TPSA) is 91.8 Å². The number of hydrogen-bond donors (Lipinski definition) is 2. The van der Waals surface area contributed by atoms with Crippen LogP contribution < -0.4 is 10.5 Å². The van der Waals surface area contributed by atoms with Crippen molar-refractivity contribution in [2.45, 2.75) is 36.6 Å². The Morgan fingerprint density at radius 3 is 2.59 bits per heavy atom. The summed E-state index contributed by atoms with van der Waals surface area (Å²) in [7, 11) is 0. The fourth-order valence-electron chi connectivity index (χ4n) is 4.27. The van der Waals surface area contributed by atoms with E-state index >= 15 is 4.39 Å². The Bertz CT molecular complexity index is 1270. The molecule has 4 aromatic rings. The molecular weight excluding hydrogens is 540 g/mol. The van der Waals surface area contributed by atoms with Crippen LogP contribution in [0.2, 0.25) is 0 Å². The zero-order valence-electron chi connectivity index (χ0n) is 17.1. The van der Waals surface area contributed by atoms with Gasteiger partial charge in [-0.25, -0.2) is 19.1 Å². The molecule has 0 saturated heterocycles. The lowest BCUT2D eigenvalue weighted by molar-refractivity contribution is 0.532. The number of nitrogens with one attached hydrogen (secondary N) is 1. The Hall–Kier alpha value is -2.37. The average molecular weight is 561 g/mol. The van der Waals surface area contributed by atoms with Gasteiger partial charge in [-0.2, -0.15) is 0 Å². The number of hydrogen-bond acceptors (Lipinski definition) is 5. The minimum absolute atomic E-state index is 0.175. The molecule has 0 bridgehead atoms. The van der Waals surface area contributed by atoms with Crippen molar-refractivity contribution in [1.29, 1.82) is 0 Å². The highest BCUT2D eigenvalue weighted by Gasteiger charge is 2.23. The first kappa shape index (κ1) is 21.5. The zero-order valence-corrected chi connectivity index (χ0v) is 20.1. The molecular formula is C23H21FIN5OS. The standard InChI is InChI=1S/C23H21FIN5OS/c24-19-11-14(5-10-20(19)29-32(31)17-8-6-15(25)7-9-17)18-12-30(16-3-1-2-4-16)23-21(18)22(26)27-13-28-23/h5-13,16,29H,1-4H2,(H2,26,27,28). The van der Waals surface area contributed by atoms with E-state index < -0.39 is 17.2 Å². The van der Waals surface area contributed by atoms with Crippen molar-refractivity contribution in [2.24, 2.45) is 0 Å². The van der Waals surface area contributed by atoms with E-state index in [1.807, 2.05) is 18.3 Å². The first-order valence-electron chi connectivity index (χ1n) is 10.4. The van der Waals surface area contributed by atoms with Crippen molar-refractivity contribution in [3.8, 4) is 11.1 Å². The number of nitrogen functional groups attached to an aromatic ring is 1. The van der Waals surface area contributed by atoms with Gasteiger partial charge < -0.3 is 14.9 Å². The summed E-state index contributed by atoms with van der Waals surface area (Å²) >= 11 is 0.616. The number of fused-ring (bicyclic) bond motifs is 1. The number of halogens is 2. The van der Waals surface area contributed by atoms with Crippen LogP contribution in [0.1, 0.15) is 31.7 Å². The third-order valence-corrected chi connectivity index (χ3v) is 7.69. The lowest BCUT2D eigenvalue weighted by Crippen LogP contribution is -2.14. The molecule has 3 N–H and O–H groups in total. The second-order valence-electron chi connectivity index (χ2n) is 7.87. The smallest absolute Gasteiger partial charge is 0.179 e. The van der Waals surface area contributed by atoms with Crippen LogP contribution >= 0.6 is 22.6 Å². The van der Waals surface area contributed by atoms with Crippen molar-refractivity contribution >= 4 is 56.5 Å². The normalized spacial score (nSPS) is 15.3. The second-order valence-corrected chi connectivity index (χ2v) is 10.3. The van der Waals surface area contributed by atoms with Gasteiger partial charge in [0.05, 0.1) is 5.39 Å². The lowest BCUT2D eigenvalue weighted by Gasteiger charge is -2.13. The molecule has 2 aromatic carbocycles. The minimum Gasteiger partial charge on any atom is -0.588 e. The summed E-state index contributed by atoms with van der Waals surface area (Å²) in [6.07, 6.45) is 8.04. The lowest BCUT2D eigenvalue weighted by atomic mass is 10.1. The largest absolute Gasteiger partial charge is 0.588 e. The first-order valence-corrected chi connectivity index (χ1v) is 12.6. The van der Waals surface area contributed by atoms with Crippen LogP contribution in [-0.4, -0.2) is 19.1 Å². The van der Waals surface area contributed by atoms with Crippen molar-refractivity contribution in [1.82, 2.24) is 14.5 Å². The Morgan fingerprint density at radius 1 is 1.12 bits per heavy atom. The summed E-state index contributed by atoms with van der Waals surface area (Å²) in [5, 5.41) is 0.738. The summed E-state index contributed by atoms with van der Waals surface area (Å²) in [6, 6.07) is 12.5. The molecule has 32 heavy (non-hydrogen) atoms. The van der Waals surface area contributed by atoms with Crippen LogP contribution in [0, 0.1) is 9.39 Å². The number of benzene rings is 2. The predicted molar refractivity (Wildman–Crippen MR) is 134 cm³/mol. The number of aromatic nitrogens is 3. The minimum atomic E-state index is -1.57. The Kier molecular flexibility index (Phi) is 5.95. The van der Waals surface area contributed by atoms with Gasteiger partial charge in [0.15, 0.2) is 10.7 Å². The van der Waals surface area contributed by atoms with Crippen molar-refractivity contribution in [2.75, 3.05) is 10.5 Å². The second kappa shape index (κ2) is 8.87. The molecule has 1 saturated carbocycles. The maximum Gasteiger partial charge on any atom is 0.179 e. The van der Waals surface area contributed by atoms with E-state index in [2.05, 4.69) is 41.8 Å². The molecule has 1 unspecified atom stereocenters. The van der Waals surface area contributed by atoms with E-state index in [4.69, 9.17) is 5.73 Å². The van der Waals surface area contributed by atoms with Gasteiger partial charge in [-0.1, -0.05) is 18.9 Å². The van der Waals surface area contributed by atoms with Gasteiger partial charge in [-0.05, 0) is 77.4 Å². The molecule has 2 aromatic heterocycles. The monoisotopic (exact) mass is 561 g/mol. The van der Waals surface area contributed by atoms with E-state index in [9.17, 15) is 4.55 Å². The maximum absolute atomic E-state index is 15.0. The zero-order chi connectivity index (χ0) is 22.2. The molecule has 0 amide bonds. The fourth-order valence-corrected chi connectivity index (χ4v) is 5.50. The Labute approximate surface area is 201 Å². The van der Waals surface area contributed by atoms with Gasteiger partial charge in [-0.3, -0.25) is 0 Å². The molecule has 164 valence electrons. The predicted octanol–water partition coefficient (Wildman–Crippen LogP) is 5.67. The quantitative estimate of drug-likeness (QED) is 0.242. The summed E-state index contributed by atoms with van der Waals surface area (Å²) < 4.78 is 33.6. The number of rotatable bonds is 5. The third kappa shape index (κ3) is 4.04. The fraction of sp³-hybridized carbons (Fsp3) is 0.217. The van der Waals surface area contributed by atoms with Gasteiger partial charge in [0.2, 0.25) is 0 Å². The molecule has 0 radical (unpaired) electrons. The number of nitrogens with two attached hydrogens (primary N) is 1. The van der Waals surface area contributed by atoms with E-state index in [0.717, 1.165) is 33.0 Å². The van der Waals surface area contributed by atoms with Gasteiger partial charge in [0, 0.05) is 21.4 Å². The molecule has 1 atom stereocenters. The van der Waals surface area contributed by atoms with Crippen LogP contribution in [0.25, 0.3) is 22.2 Å². The van der Waals surface area contributed by atoms with Gasteiger partial charge in [0.1, 0.15) is 34.8 Å². The van der Waals surface area contributed by atoms with E-state index in [-0.39, 0.29) is 5.69 Å². The van der Waals surface area contributed by atoms with E-state index in [1.54, 1.807) is 24.3 Å². The van der Waals surface area contributed by atoms with E-state index in [0.29, 0.717) is 22.3 Å². The SMILES string of the molecule is Nc1ncnc2c1c(-c1ccc(N[S+]([O-])c3ccc(I)cc3)c(F)c1)cn2C1CCCC1. The third-order valence-electron chi connectivity index (χ3n) is 5.87. The highest BCUT2D eigenvalue weighted by atomic mass is 127. The van der Waals surface area contributed by atoms with Crippen LogP contribution in [0.5, 0.6) is 0 Å². The van der Waals surface area contributed by atoms with Crippen LogP contribution in [-0.2, 0) is 11.4 Å². The molecule has 0 spiro atoms. The molecule has 9 heteroatoms. The highest BCUT2D eigenvalue weighted by molar-refractivity contribution is 14.1. The van der Waals surface area contributed by atoms with E-state index in [1.165, 1.54) is 25.2 Å². The Morgan fingerprint density at radius 2 is 1.88 bits per heavy atom. The highest BCUT2D eigenvalue weighted by Crippen LogP contribution is 2.39. The molecule has 6 nitrogen and oxygen atoms in total. The van der Waals surface area contributed by atoms with Crippen LogP contribution in [0.3, 0.4) is 0 Å². The molecule has 1 aliphatic rings. The summed E-state index contributed by atoms with van der Waals surface area (Å²) in [5.41, 5.74) is 8.64. The van der Waals surface area contributed by atoms with Gasteiger partial charge in [0.25, 0.3) is 0 Å². The molecule has 2 heterocycles. The summed E-state index contributed by atoms with van der Waals surface area (Å²) in [4.78, 5) is 9.22. The molecule has 5 rings (SSSR count). The van der Waals surface area contributed by atoms with Crippen molar-refractivity contribution < 1.29 is 8.94 Å². The van der Waals surface area contributed by atoms with Crippen LogP contribution in [0.4, 0.5) is 15.9 Å². The molecule has 1 fully saturated rings. The van der Waals surface area contributed by atoms with Gasteiger partial charge in [-0.15, -0.1) is 0 Å². The van der Waals surface area contributed by atoms with Crippen molar-refractivity contribution in [3.63, 3.8) is 0 Å². The number of nitrogens with zero attached hydrogens (tertiary/aromatic N) is 3. The molecule has 0 aliphatic heterocycles. The maximum atomic E-state index is 15.0. The average Bonchev–Trinajstić information content (AvgIpc) is 3.44. The summed E-state index contributed by atoms with van der Waals surface area (Å²) in [5.74, 6) is -0.109. The first-order chi connectivity index (χ1) is 15.5. The number of anilines is 2. The van der Waals surface area contributed by atoms with Crippen molar-refractivity contribution in [3.05, 3.63) is 64.4 Å². The Balaban J connectivity index is 1.49. The van der Waals surface area contributed by atoms with Gasteiger partial charge >= 0.3 is 0 Å². The molecule has 1 aliphatic carbocycles. The summed E-state index contributed by atoms with van der Waals surface area (Å²) in [6.45, 7) is 0.